The Labute approximate surface area is 230 Å². The van der Waals surface area contributed by atoms with Crippen molar-refractivity contribution in [3.63, 3.8) is 0 Å². The second kappa shape index (κ2) is 10.3. The van der Waals surface area contributed by atoms with E-state index in [0.29, 0.717) is 21.6 Å². The number of piperazine rings is 1. The number of thiol groups is 1. The van der Waals surface area contributed by atoms with Crippen molar-refractivity contribution in [2.75, 3.05) is 29.9 Å². The molecule has 1 aliphatic rings. The SMILES string of the molecule is CC(=O)N1CCN(Cc2cnc(-c3cc4c(Cl)ccc(N(S)S(=O)(=O)c5cccc(C)c5)c4[nH]3)s2)CC1. The Kier molecular flexibility index (Phi) is 7.25. The highest BCUT2D eigenvalue weighted by molar-refractivity contribution is 8.06. The normalized spacial score (nSPS) is 14.9. The number of aromatic nitrogens is 2. The Morgan fingerprint density at radius 3 is 2.65 bits per heavy atom. The molecule has 37 heavy (non-hydrogen) atoms. The van der Waals surface area contributed by atoms with Gasteiger partial charge < -0.3 is 9.88 Å². The zero-order valence-corrected chi connectivity index (χ0v) is 23.6. The summed E-state index contributed by atoms with van der Waals surface area (Å²) in [5.41, 5.74) is 2.52. The van der Waals surface area contributed by atoms with Crippen LogP contribution in [0.2, 0.25) is 5.02 Å². The minimum atomic E-state index is -3.90. The first-order chi connectivity index (χ1) is 17.6. The number of benzene rings is 2. The number of fused-ring (bicyclic) bond motifs is 1. The predicted molar refractivity (Wildman–Crippen MR) is 152 cm³/mol. The maximum absolute atomic E-state index is 13.3. The Balaban J connectivity index is 1.41. The molecule has 1 saturated heterocycles. The molecule has 3 heterocycles. The molecule has 1 amide bonds. The summed E-state index contributed by atoms with van der Waals surface area (Å²) in [6.45, 7) is 7.32. The number of carbonyl (C=O) groups is 1. The van der Waals surface area contributed by atoms with Crippen molar-refractivity contribution in [3.8, 4) is 10.7 Å². The summed E-state index contributed by atoms with van der Waals surface area (Å²) >= 11 is 12.4. The van der Waals surface area contributed by atoms with Crippen LogP contribution in [-0.2, 0) is 21.4 Å². The smallest absolute Gasteiger partial charge is 0.273 e. The molecule has 8 nitrogen and oxygen atoms in total. The molecular formula is C25H26ClN5O3S3. The first-order valence-corrected chi connectivity index (χ1v) is 14.7. The van der Waals surface area contributed by atoms with Crippen LogP contribution in [0.1, 0.15) is 17.4 Å². The molecule has 1 aliphatic heterocycles. The molecule has 2 aromatic carbocycles. The monoisotopic (exact) mass is 575 g/mol. The average Bonchev–Trinajstić information content (AvgIpc) is 3.52. The summed E-state index contributed by atoms with van der Waals surface area (Å²) < 4.78 is 27.6. The van der Waals surface area contributed by atoms with Gasteiger partial charge in [0.1, 0.15) is 5.01 Å². The minimum absolute atomic E-state index is 0.114. The quantitative estimate of drug-likeness (QED) is 0.317. The van der Waals surface area contributed by atoms with Crippen LogP contribution >= 0.6 is 35.8 Å². The second-order valence-electron chi connectivity index (χ2n) is 9.02. The van der Waals surface area contributed by atoms with Crippen LogP contribution < -0.4 is 3.71 Å². The third-order valence-corrected chi connectivity index (χ3v) is 10.1. The number of H-pyrrole nitrogens is 1. The molecule has 0 aliphatic carbocycles. The van der Waals surface area contributed by atoms with Gasteiger partial charge in [0.05, 0.1) is 26.8 Å². The largest absolute Gasteiger partial charge is 0.351 e. The maximum atomic E-state index is 13.3. The molecule has 5 rings (SSSR count). The van der Waals surface area contributed by atoms with Gasteiger partial charge in [-0.1, -0.05) is 23.7 Å². The van der Waals surface area contributed by atoms with E-state index in [-0.39, 0.29) is 10.8 Å². The van der Waals surface area contributed by atoms with E-state index in [1.165, 1.54) is 0 Å². The van der Waals surface area contributed by atoms with Crippen molar-refractivity contribution in [1.29, 1.82) is 0 Å². The molecule has 1 N–H and O–H groups in total. The lowest BCUT2D eigenvalue weighted by atomic mass is 10.2. The van der Waals surface area contributed by atoms with Gasteiger partial charge in [0.2, 0.25) is 5.91 Å². The first kappa shape index (κ1) is 26.1. The summed E-state index contributed by atoms with van der Waals surface area (Å²) in [5.74, 6) is 0.114. The number of halogens is 1. The summed E-state index contributed by atoms with van der Waals surface area (Å²) in [4.78, 5) is 24.9. The van der Waals surface area contributed by atoms with E-state index in [2.05, 4.69) is 27.7 Å². The van der Waals surface area contributed by atoms with Gasteiger partial charge in [-0.15, -0.1) is 11.3 Å². The molecule has 2 aromatic heterocycles. The number of anilines is 1. The third-order valence-electron chi connectivity index (χ3n) is 6.42. The first-order valence-electron chi connectivity index (χ1n) is 11.7. The predicted octanol–water partition coefficient (Wildman–Crippen LogP) is 4.96. The number of sulfonamides is 1. The van der Waals surface area contributed by atoms with E-state index in [9.17, 15) is 13.2 Å². The van der Waals surface area contributed by atoms with Crippen LogP contribution in [0.3, 0.4) is 0 Å². The number of amides is 1. The van der Waals surface area contributed by atoms with E-state index in [1.54, 1.807) is 48.6 Å². The van der Waals surface area contributed by atoms with Crippen LogP contribution in [0.15, 0.2) is 53.6 Å². The highest BCUT2D eigenvalue weighted by Gasteiger charge is 2.26. The van der Waals surface area contributed by atoms with Crippen LogP contribution in [0.5, 0.6) is 0 Å². The number of nitrogens with zero attached hydrogens (tertiary/aromatic N) is 4. The van der Waals surface area contributed by atoms with E-state index < -0.39 is 10.0 Å². The number of aryl methyl sites for hydroxylation is 1. The Hall–Kier alpha value is -2.57. The molecule has 0 radical (unpaired) electrons. The van der Waals surface area contributed by atoms with Crippen LogP contribution in [0, 0.1) is 6.92 Å². The summed E-state index contributed by atoms with van der Waals surface area (Å²) in [7, 11) is -3.90. The number of thiazole rings is 1. The fourth-order valence-electron chi connectivity index (χ4n) is 4.40. The van der Waals surface area contributed by atoms with Crippen LogP contribution in [0.25, 0.3) is 21.6 Å². The van der Waals surface area contributed by atoms with Gasteiger partial charge in [-0.25, -0.2) is 17.1 Å². The molecule has 0 atom stereocenters. The Bertz CT molecular complexity index is 1580. The van der Waals surface area contributed by atoms with Crippen LogP contribution in [0.4, 0.5) is 5.69 Å². The standard InChI is InChI=1S/C25H26ClN5O3S3/c1-16-4-3-5-19(12-16)37(33,34)31(35)23-7-6-21(26)20-13-22(28-24(20)23)25-27-14-18(36-25)15-29-8-10-30(11-9-29)17(2)32/h3-7,12-14,28,35H,8-11,15H2,1-2H3. The molecule has 4 aromatic rings. The van der Waals surface area contributed by atoms with Gasteiger partial charge in [0.15, 0.2) is 0 Å². The molecule has 194 valence electrons. The van der Waals surface area contributed by atoms with Gasteiger partial charge in [0.25, 0.3) is 10.0 Å². The maximum Gasteiger partial charge on any atom is 0.273 e. The lowest BCUT2D eigenvalue weighted by molar-refractivity contribution is -0.130. The average molecular weight is 576 g/mol. The summed E-state index contributed by atoms with van der Waals surface area (Å²) in [6.07, 6.45) is 1.86. The minimum Gasteiger partial charge on any atom is -0.351 e. The number of nitrogens with one attached hydrogen (secondary N) is 1. The third kappa shape index (κ3) is 5.23. The van der Waals surface area contributed by atoms with Gasteiger partial charge in [-0.3, -0.25) is 9.69 Å². The number of carbonyl (C=O) groups excluding carboxylic acids is 1. The lowest BCUT2D eigenvalue weighted by Gasteiger charge is -2.33. The van der Waals surface area contributed by atoms with Crippen molar-refractivity contribution in [3.05, 3.63) is 64.1 Å². The fraction of sp³-hybridized carbons (Fsp3) is 0.280. The van der Waals surface area contributed by atoms with Gasteiger partial charge >= 0.3 is 0 Å². The van der Waals surface area contributed by atoms with Gasteiger partial charge in [0, 0.05) is 56.1 Å². The van der Waals surface area contributed by atoms with Crippen LogP contribution in [-0.4, -0.2) is 60.3 Å². The van der Waals surface area contributed by atoms with Crippen molar-refractivity contribution in [2.45, 2.75) is 25.3 Å². The van der Waals surface area contributed by atoms with Crippen molar-refractivity contribution in [1.82, 2.24) is 19.8 Å². The van der Waals surface area contributed by atoms with Crippen molar-refractivity contribution >= 4 is 68.3 Å². The Morgan fingerprint density at radius 2 is 1.95 bits per heavy atom. The van der Waals surface area contributed by atoms with E-state index in [1.807, 2.05) is 30.2 Å². The molecular weight excluding hydrogens is 550 g/mol. The Morgan fingerprint density at radius 1 is 1.19 bits per heavy atom. The summed E-state index contributed by atoms with van der Waals surface area (Å²) in [5, 5.41) is 1.96. The van der Waals surface area contributed by atoms with Gasteiger partial charge in [-0.2, -0.15) is 0 Å². The molecule has 0 saturated carbocycles. The molecule has 0 bridgehead atoms. The van der Waals surface area contributed by atoms with Crippen molar-refractivity contribution in [2.24, 2.45) is 0 Å². The highest BCUT2D eigenvalue weighted by atomic mass is 35.5. The van der Waals surface area contributed by atoms with E-state index in [4.69, 9.17) is 11.6 Å². The second-order valence-corrected chi connectivity index (χ2v) is 13.0. The van der Waals surface area contributed by atoms with E-state index in [0.717, 1.165) is 57.6 Å². The van der Waals surface area contributed by atoms with E-state index >= 15 is 0 Å². The number of hydrogen-bond acceptors (Lipinski definition) is 7. The van der Waals surface area contributed by atoms with Crippen molar-refractivity contribution < 1.29 is 13.2 Å². The fourth-order valence-corrected chi connectivity index (χ4v) is 7.18. The molecule has 12 heteroatoms. The summed E-state index contributed by atoms with van der Waals surface area (Å²) in [6, 6.07) is 11.9. The number of hydrogen-bond donors (Lipinski definition) is 2. The zero-order chi connectivity index (χ0) is 26.3. The number of aromatic amines is 1. The zero-order valence-electron chi connectivity index (χ0n) is 20.3. The van der Waals surface area contributed by atoms with Gasteiger partial charge in [-0.05, 0) is 55.6 Å². The molecule has 1 fully saturated rings. The highest BCUT2D eigenvalue weighted by Crippen LogP contribution is 2.39. The molecule has 0 spiro atoms. The molecule has 0 unspecified atom stereocenters. The lowest BCUT2D eigenvalue weighted by Crippen LogP contribution is -2.47. The topological polar surface area (TPSA) is 89.6 Å². The number of rotatable bonds is 6.